The van der Waals surface area contributed by atoms with Gasteiger partial charge in [-0.3, -0.25) is 4.79 Å². The van der Waals surface area contributed by atoms with E-state index in [9.17, 15) is 24.3 Å². The quantitative estimate of drug-likeness (QED) is 0.298. The Bertz CT molecular complexity index is 1380. The van der Waals surface area contributed by atoms with Gasteiger partial charge in [-0.1, -0.05) is 60.7 Å². The summed E-state index contributed by atoms with van der Waals surface area (Å²) in [6, 6.07) is 21.3. The maximum absolute atomic E-state index is 12.4. The summed E-state index contributed by atoms with van der Waals surface area (Å²) in [6.45, 7) is 4.90. The first-order valence-corrected chi connectivity index (χ1v) is 13.2. The van der Waals surface area contributed by atoms with E-state index in [1.807, 2.05) is 36.4 Å². The van der Waals surface area contributed by atoms with Gasteiger partial charge in [-0.25, -0.2) is 14.4 Å². The zero-order valence-electron chi connectivity index (χ0n) is 23.1. The molecule has 0 heterocycles. The molecule has 0 radical (unpaired) electrons. The molecule has 1 aliphatic rings. The highest BCUT2D eigenvalue weighted by molar-refractivity contribution is 5.93. The van der Waals surface area contributed by atoms with Crippen LogP contribution in [0, 0.1) is 0 Å². The van der Waals surface area contributed by atoms with Crippen LogP contribution in [-0.2, 0) is 25.5 Å². The summed E-state index contributed by atoms with van der Waals surface area (Å²) >= 11 is 0. The Morgan fingerprint density at radius 2 is 1.44 bits per heavy atom. The first-order valence-electron chi connectivity index (χ1n) is 13.2. The van der Waals surface area contributed by atoms with Gasteiger partial charge in [0.25, 0.3) is 0 Å². The molecule has 4 rings (SSSR count). The molecule has 0 aromatic heterocycles. The molecule has 0 aliphatic heterocycles. The molecule has 0 fully saturated rings. The smallest absolute Gasteiger partial charge is 0.408 e. The van der Waals surface area contributed by atoms with E-state index in [0.29, 0.717) is 11.3 Å². The average molecular weight is 560 g/mol. The molecule has 3 aromatic carbocycles. The first kappa shape index (κ1) is 29.1. The second kappa shape index (κ2) is 12.5. The van der Waals surface area contributed by atoms with Gasteiger partial charge >= 0.3 is 18.2 Å². The minimum absolute atomic E-state index is 0.0200. The topological polar surface area (TPSA) is 143 Å². The minimum Gasteiger partial charge on any atom is -0.480 e. The molecule has 3 aromatic rings. The molecular weight excluding hydrogens is 526 g/mol. The standard InChI is InChI=1S/C31H33N3O7/c1-31(2,3)41-30(39)34-26(28(36)37)16-19-12-14-20(15-13-19)33-27(35)17-32-29(38)40-18-25-23-10-6-4-8-21(23)22-9-5-7-11-24(22)25/h4-15,25-26H,16-18H2,1-3H3,(H,32,38)(H,33,35)(H,34,39)(H,36,37). The molecule has 1 aliphatic carbocycles. The van der Waals surface area contributed by atoms with Gasteiger partial charge in [0.1, 0.15) is 24.8 Å². The number of hydrogen-bond donors (Lipinski definition) is 4. The SMILES string of the molecule is CC(C)(C)OC(=O)NC(Cc1ccc(NC(=O)CNC(=O)OCC2c3ccccc3-c3ccccc32)cc1)C(=O)O. The number of rotatable bonds is 9. The number of amides is 3. The lowest BCUT2D eigenvalue weighted by atomic mass is 9.98. The van der Waals surface area contributed by atoms with Crippen molar-refractivity contribution in [2.45, 2.75) is 44.8 Å². The number of carbonyl (C=O) groups excluding carboxylic acids is 3. The summed E-state index contributed by atoms with van der Waals surface area (Å²) in [6.07, 6.45) is -1.50. The van der Waals surface area contributed by atoms with E-state index < -0.39 is 35.7 Å². The number of anilines is 1. The predicted octanol–water partition coefficient (Wildman–Crippen LogP) is 4.68. The maximum atomic E-state index is 12.4. The summed E-state index contributed by atoms with van der Waals surface area (Å²) in [7, 11) is 0. The highest BCUT2D eigenvalue weighted by atomic mass is 16.6. The molecule has 10 heteroatoms. The normalized spacial score (nSPS) is 12.9. The van der Waals surface area contributed by atoms with Crippen LogP contribution in [0.2, 0.25) is 0 Å². The van der Waals surface area contributed by atoms with Crippen molar-refractivity contribution in [2.75, 3.05) is 18.5 Å². The second-order valence-corrected chi connectivity index (χ2v) is 10.7. The largest absolute Gasteiger partial charge is 0.480 e. The number of aliphatic carboxylic acids is 1. The van der Waals surface area contributed by atoms with E-state index in [0.717, 1.165) is 22.3 Å². The van der Waals surface area contributed by atoms with Crippen molar-refractivity contribution in [3.05, 3.63) is 89.5 Å². The summed E-state index contributed by atoms with van der Waals surface area (Å²) in [5.74, 6) is -1.74. The van der Waals surface area contributed by atoms with Crippen LogP contribution in [0.3, 0.4) is 0 Å². The van der Waals surface area contributed by atoms with E-state index in [1.165, 1.54) is 0 Å². The number of ether oxygens (including phenoxy) is 2. The van der Waals surface area contributed by atoms with Crippen LogP contribution in [0.5, 0.6) is 0 Å². The highest BCUT2D eigenvalue weighted by Gasteiger charge is 2.29. The van der Waals surface area contributed by atoms with Gasteiger partial charge in [0.05, 0.1) is 0 Å². The lowest BCUT2D eigenvalue weighted by Crippen LogP contribution is -2.44. The van der Waals surface area contributed by atoms with Crippen LogP contribution in [0.25, 0.3) is 11.1 Å². The fourth-order valence-corrected chi connectivity index (χ4v) is 4.62. The van der Waals surface area contributed by atoms with Crippen molar-refractivity contribution in [1.29, 1.82) is 0 Å². The Labute approximate surface area is 238 Å². The van der Waals surface area contributed by atoms with Gasteiger partial charge in [-0.15, -0.1) is 0 Å². The van der Waals surface area contributed by atoms with E-state index in [-0.39, 0.29) is 25.5 Å². The van der Waals surface area contributed by atoms with Crippen LogP contribution in [0.4, 0.5) is 15.3 Å². The molecule has 1 atom stereocenters. The van der Waals surface area contributed by atoms with Gasteiger partial charge in [-0.2, -0.15) is 0 Å². The van der Waals surface area contributed by atoms with E-state index in [4.69, 9.17) is 9.47 Å². The van der Waals surface area contributed by atoms with Crippen LogP contribution >= 0.6 is 0 Å². The Balaban J connectivity index is 1.23. The average Bonchev–Trinajstić information content (AvgIpc) is 3.24. The number of benzene rings is 3. The number of alkyl carbamates (subject to hydrolysis) is 2. The van der Waals surface area contributed by atoms with E-state index >= 15 is 0 Å². The Hall–Kier alpha value is -4.86. The third-order valence-corrected chi connectivity index (χ3v) is 6.40. The minimum atomic E-state index is -1.20. The first-order chi connectivity index (χ1) is 19.5. The molecule has 1 unspecified atom stereocenters. The van der Waals surface area contributed by atoms with Crippen molar-refractivity contribution < 1.29 is 33.8 Å². The van der Waals surface area contributed by atoms with Crippen LogP contribution in [-0.4, -0.2) is 54.0 Å². The zero-order chi connectivity index (χ0) is 29.6. The molecular formula is C31H33N3O7. The van der Waals surface area contributed by atoms with Crippen molar-refractivity contribution in [3.8, 4) is 11.1 Å². The van der Waals surface area contributed by atoms with Crippen molar-refractivity contribution in [1.82, 2.24) is 10.6 Å². The summed E-state index contributed by atoms with van der Waals surface area (Å²) in [5.41, 5.74) is 4.77. The summed E-state index contributed by atoms with van der Waals surface area (Å²) in [4.78, 5) is 48.3. The van der Waals surface area contributed by atoms with Gasteiger partial charge in [0.2, 0.25) is 5.91 Å². The van der Waals surface area contributed by atoms with Gasteiger partial charge in [-0.05, 0) is 60.7 Å². The molecule has 10 nitrogen and oxygen atoms in total. The highest BCUT2D eigenvalue weighted by Crippen LogP contribution is 2.44. The summed E-state index contributed by atoms with van der Waals surface area (Å²) < 4.78 is 10.6. The Kier molecular flexibility index (Phi) is 8.91. The number of fused-ring (bicyclic) bond motifs is 3. The number of carboxylic acids is 1. The number of carboxylic acid groups (broad SMARTS) is 1. The molecule has 214 valence electrons. The third kappa shape index (κ3) is 7.84. The predicted molar refractivity (Wildman–Crippen MR) is 153 cm³/mol. The van der Waals surface area contributed by atoms with Gasteiger partial charge in [0, 0.05) is 18.0 Å². The molecule has 0 saturated carbocycles. The number of carbonyl (C=O) groups is 4. The molecule has 41 heavy (non-hydrogen) atoms. The fraction of sp³-hybridized carbons (Fsp3) is 0.290. The molecule has 3 amide bonds. The number of nitrogens with one attached hydrogen (secondary N) is 3. The molecule has 0 spiro atoms. The maximum Gasteiger partial charge on any atom is 0.408 e. The van der Waals surface area contributed by atoms with E-state index in [1.54, 1.807) is 45.0 Å². The fourth-order valence-electron chi connectivity index (χ4n) is 4.62. The molecule has 4 N–H and O–H groups in total. The summed E-state index contributed by atoms with van der Waals surface area (Å²) in [5, 5.41) is 17.0. The monoisotopic (exact) mass is 559 g/mol. The van der Waals surface area contributed by atoms with Crippen LogP contribution in [0.1, 0.15) is 43.4 Å². The van der Waals surface area contributed by atoms with Crippen molar-refractivity contribution in [2.24, 2.45) is 0 Å². The lowest BCUT2D eigenvalue weighted by Gasteiger charge is -2.22. The lowest BCUT2D eigenvalue weighted by molar-refractivity contribution is -0.139. The van der Waals surface area contributed by atoms with Crippen molar-refractivity contribution >= 4 is 29.8 Å². The molecule has 0 saturated heterocycles. The number of hydrogen-bond acceptors (Lipinski definition) is 6. The van der Waals surface area contributed by atoms with Gasteiger partial charge < -0.3 is 30.5 Å². The zero-order valence-corrected chi connectivity index (χ0v) is 23.1. The van der Waals surface area contributed by atoms with Crippen LogP contribution in [0.15, 0.2) is 72.8 Å². The third-order valence-electron chi connectivity index (χ3n) is 6.40. The van der Waals surface area contributed by atoms with Gasteiger partial charge in [0.15, 0.2) is 0 Å². The molecule has 0 bridgehead atoms. The Morgan fingerprint density at radius 3 is 2.00 bits per heavy atom. The van der Waals surface area contributed by atoms with Crippen molar-refractivity contribution in [3.63, 3.8) is 0 Å². The van der Waals surface area contributed by atoms with E-state index in [2.05, 4.69) is 28.1 Å². The van der Waals surface area contributed by atoms with Crippen LogP contribution < -0.4 is 16.0 Å². The second-order valence-electron chi connectivity index (χ2n) is 10.7. The Morgan fingerprint density at radius 1 is 0.854 bits per heavy atom.